The molecule has 2 aromatic rings. The number of anilines is 1. The van der Waals surface area contributed by atoms with Crippen LogP contribution >= 0.6 is 24.0 Å². The topological polar surface area (TPSA) is 64.8 Å². The number of nitrogen functional groups attached to an aromatic ring is 1. The van der Waals surface area contributed by atoms with Gasteiger partial charge in [-0.2, -0.15) is 0 Å². The summed E-state index contributed by atoms with van der Waals surface area (Å²) >= 11 is 6.21. The van der Waals surface area contributed by atoms with Crippen molar-refractivity contribution in [2.45, 2.75) is 45.1 Å². The molecule has 1 aliphatic rings. The minimum Gasteiger partial charge on any atom is -0.497 e. The molecule has 7 heteroatoms. The van der Waals surface area contributed by atoms with E-state index in [9.17, 15) is 4.79 Å². The number of ketones is 1. The van der Waals surface area contributed by atoms with Crippen LogP contribution in [0.3, 0.4) is 0 Å². The fourth-order valence-electron chi connectivity index (χ4n) is 3.75. The van der Waals surface area contributed by atoms with Gasteiger partial charge in [0.05, 0.1) is 17.8 Å². The van der Waals surface area contributed by atoms with Crippen molar-refractivity contribution in [3.05, 3.63) is 52.5 Å². The number of carbonyl (C=O) groups excluding carboxylic acids is 1. The van der Waals surface area contributed by atoms with Gasteiger partial charge in [0, 0.05) is 24.5 Å². The Morgan fingerprint density at radius 2 is 1.84 bits per heavy atom. The van der Waals surface area contributed by atoms with Crippen LogP contribution in [0.1, 0.15) is 43.2 Å². The van der Waals surface area contributed by atoms with E-state index < -0.39 is 0 Å². The Labute approximate surface area is 196 Å². The molecule has 170 valence electrons. The molecule has 0 atom stereocenters. The highest BCUT2D eigenvalue weighted by atomic mass is 35.5. The Bertz CT molecular complexity index is 837. The maximum atomic E-state index is 12.6. The van der Waals surface area contributed by atoms with E-state index in [1.807, 2.05) is 24.3 Å². The van der Waals surface area contributed by atoms with Gasteiger partial charge in [0.2, 0.25) is 0 Å². The number of likely N-dealkylation sites (tertiary alicyclic amines) is 1. The Morgan fingerprint density at radius 3 is 2.52 bits per heavy atom. The molecule has 31 heavy (non-hydrogen) atoms. The zero-order valence-corrected chi connectivity index (χ0v) is 19.6. The van der Waals surface area contributed by atoms with Gasteiger partial charge in [0.15, 0.2) is 0 Å². The second-order valence-electron chi connectivity index (χ2n) is 7.84. The highest BCUT2D eigenvalue weighted by molar-refractivity contribution is 6.33. The van der Waals surface area contributed by atoms with Crippen molar-refractivity contribution in [2.24, 2.45) is 0 Å². The summed E-state index contributed by atoms with van der Waals surface area (Å²) in [5.41, 5.74) is 8.20. The van der Waals surface area contributed by atoms with Crippen molar-refractivity contribution >= 4 is 35.5 Å². The van der Waals surface area contributed by atoms with E-state index in [1.165, 1.54) is 19.3 Å². The number of nitrogens with two attached hydrogens (primary N) is 1. The van der Waals surface area contributed by atoms with Crippen molar-refractivity contribution in [1.82, 2.24) is 4.90 Å². The monoisotopic (exact) mass is 466 g/mol. The first-order chi connectivity index (χ1) is 14.5. The predicted molar refractivity (Wildman–Crippen MR) is 129 cm³/mol. The van der Waals surface area contributed by atoms with Gasteiger partial charge < -0.3 is 20.1 Å². The average molecular weight is 467 g/mol. The summed E-state index contributed by atoms with van der Waals surface area (Å²) in [5.74, 6) is 1.60. The molecule has 1 aliphatic heterocycles. The van der Waals surface area contributed by atoms with Crippen LogP contribution in [0, 0.1) is 0 Å². The number of carbonyl (C=O) groups is 1. The number of ether oxygens (including phenoxy) is 2. The minimum absolute atomic E-state index is 0. The lowest BCUT2D eigenvalue weighted by Gasteiger charge is -2.26. The lowest BCUT2D eigenvalue weighted by molar-refractivity contribution is -0.118. The van der Waals surface area contributed by atoms with Gasteiger partial charge in [-0.3, -0.25) is 4.79 Å². The molecular formula is C24H32Cl2N2O3. The molecule has 0 unspecified atom stereocenters. The normalized spacial score (nSPS) is 14.0. The molecule has 0 bridgehead atoms. The molecule has 0 saturated carbocycles. The first kappa shape index (κ1) is 25.3. The van der Waals surface area contributed by atoms with E-state index in [0.29, 0.717) is 35.9 Å². The molecule has 3 rings (SSSR count). The summed E-state index contributed by atoms with van der Waals surface area (Å²) in [6.07, 6.45) is 5.63. The molecule has 2 aromatic carbocycles. The summed E-state index contributed by atoms with van der Waals surface area (Å²) in [5, 5.41) is 0.447. The first-order valence-electron chi connectivity index (χ1n) is 10.6. The molecule has 5 nitrogen and oxygen atoms in total. The Hall–Kier alpha value is -1.95. The molecule has 0 spiro atoms. The average Bonchev–Trinajstić information content (AvgIpc) is 2.76. The zero-order valence-electron chi connectivity index (χ0n) is 18.1. The number of methoxy groups -OCH3 is 1. The van der Waals surface area contributed by atoms with E-state index in [2.05, 4.69) is 4.90 Å². The van der Waals surface area contributed by atoms with Crippen LogP contribution in [0.25, 0.3) is 0 Å². The van der Waals surface area contributed by atoms with E-state index in [1.54, 1.807) is 19.2 Å². The van der Waals surface area contributed by atoms with E-state index in [4.69, 9.17) is 26.8 Å². The van der Waals surface area contributed by atoms with Gasteiger partial charge in [-0.05, 0) is 62.7 Å². The van der Waals surface area contributed by atoms with Crippen molar-refractivity contribution < 1.29 is 14.3 Å². The number of halogens is 2. The molecule has 0 radical (unpaired) electrons. The number of hydrogen-bond acceptors (Lipinski definition) is 5. The third-order valence-electron chi connectivity index (χ3n) is 5.50. The SMILES string of the molecule is COc1ccc(COc2cc(N)c(Cl)cc2CC(=O)CCCN2CCCCC2)cc1.Cl. The molecule has 0 aliphatic carbocycles. The van der Waals surface area contributed by atoms with Gasteiger partial charge in [0.1, 0.15) is 23.9 Å². The van der Waals surface area contributed by atoms with Crippen LogP contribution < -0.4 is 15.2 Å². The molecule has 0 amide bonds. The Kier molecular flexibility index (Phi) is 10.4. The van der Waals surface area contributed by atoms with Crippen LogP contribution in [-0.4, -0.2) is 37.4 Å². The highest BCUT2D eigenvalue weighted by Gasteiger charge is 2.14. The summed E-state index contributed by atoms with van der Waals surface area (Å²) < 4.78 is 11.2. The number of benzene rings is 2. The van der Waals surface area contributed by atoms with Crippen LogP contribution in [0.4, 0.5) is 5.69 Å². The number of rotatable bonds is 10. The van der Waals surface area contributed by atoms with Gasteiger partial charge >= 0.3 is 0 Å². The summed E-state index contributed by atoms with van der Waals surface area (Å²) in [6, 6.07) is 11.1. The number of Topliss-reactive ketones (excluding diaryl/α,β-unsaturated/α-hetero) is 1. The van der Waals surface area contributed by atoms with Gasteiger partial charge in [-0.15, -0.1) is 12.4 Å². The number of nitrogens with zero attached hydrogens (tertiary/aromatic N) is 1. The fraction of sp³-hybridized carbons (Fsp3) is 0.458. The third-order valence-corrected chi connectivity index (χ3v) is 5.83. The first-order valence-corrected chi connectivity index (χ1v) is 11.0. The van der Waals surface area contributed by atoms with Crippen molar-refractivity contribution in [1.29, 1.82) is 0 Å². The van der Waals surface area contributed by atoms with Gasteiger partial charge in [-0.25, -0.2) is 0 Å². The smallest absolute Gasteiger partial charge is 0.137 e. The minimum atomic E-state index is 0. The second kappa shape index (κ2) is 12.8. The molecular weight excluding hydrogens is 435 g/mol. The summed E-state index contributed by atoms with van der Waals surface area (Å²) in [4.78, 5) is 15.0. The third kappa shape index (κ3) is 7.91. The van der Waals surface area contributed by atoms with Crippen molar-refractivity contribution in [3.8, 4) is 11.5 Å². The lowest BCUT2D eigenvalue weighted by Crippen LogP contribution is -2.30. The van der Waals surface area contributed by atoms with E-state index >= 15 is 0 Å². The lowest BCUT2D eigenvalue weighted by atomic mass is 10.0. The standard InChI is InChI=1S/C24H31ClN2O3.ClH/c1-29-21-9-7-18(8-10-21)17-30-24-16-23(26)22(25)15-19(24)14-20(28)6-5-13-27-11-3-2-4-12-27;/h7-10,15-16H,2-6,11-14,17,26H2,1H3;1H. The maximum absolute atomic E-state index is 12.6. The fourth-order valence-corrected chi connectivity index (χ4v) is 3.94. The summed E-state index contributed by atoms with van der Waals surface area (Å²) in [6.45, 7) is 3.69. The van der Waals surface area contributed by atoms with Gasteiger partial charge in [0.25, 0.3) is 0 Å². The van der Waals surface area contributed by atoms with Crippen molar-refractivity contribution in [2.75, 3.05) is 32.5 Å². The van der Waals surface area contributed by atoms with Crippen molar-refractivity contribution in [3.63, 3.8) is 0 Å². The van der Waals surface area contributed by atoms with E-state index in [0.717, 1.165) is 42.9 Å². The van der Waals surface area contributed by atoms with Crippen LogP contribution in [0.15, 0.2) is 36.4 Å². The van der Waals surface area contributed by atoms with Gasteiger partial charge in [-0.1, -0.05) is 30.2 Å². The molecule has 0 aromatic heterocycles. The van der Waals surface area contributed by atoms with Crippen LogP contribution in [0.2, 0.25) is 5.02 Å². The molecule has 2 N–H and O–H groups in total. The molecule has 1 saturated heterocycles. The van der Waals surface area contributed by atoms with Crippen LogP contribution in [-0.2, 0) is 17.8 Å². The maximum Gasteiger partial charge on any atom is 0.137 e. The zero-order chi connectivity index (χ0) is 21.3. The Balaban J connectivity index is 0.00000341. The second-order valence-corrected chi connectivity index (χ2v) is 8.25. The number of piperidine rings is 1. The quantitative estimate of drug-likeness (QED) is 0.480. The molecule has 1 fully saturated rings. The predicted octanol–water partition coefficient (Wildman–Crippen LogP) is 5.31. The Morgan fingerprint density at radius 1 is 1.13 bits per heavy atom. The van der Waals surface area contributed by atoms with E-state index in [-0.39, 0.29) is 18.2 Å². The molecule has 1 heterocycles. The van der Waals surface area contributed by atoms with Crippen LogP contribution in [0.5, 0.6) is 11.5 Å². The highest BCUT2D eigenvalue weighted by Crippen LogP contribution is 2.30. The largest absolute Gasteiger partial charge is 0.497 e. The number of hydrogen-bond donors (Lipinski definition) is 1. The summed E-state index contributed by atoms with van der Waals surface area (Å²) in [7, 11) is 1.64.